The molecule has 23 heavy (non-hydrogen) atoms. The molecule has 0 atom stereocenters. The number of carbonyl (C=O) groups excluding carboxylic acids is 1. The summed E-state index contributed by atoms with van der Waals surface area (Å²) in [7, 11) is 1.71. The molecule has 1 amide bonds. The normalized spacial score (nSPS) is 10.4. The first-order valence-corrected chi connectivity index (χ1v) is 7.39. The van der Waals surface area contributed by atoms with Crippen LogP contribution < -0.4 is 10.1 Å². The Labute approximate surface area is 134 Å². The number of amides is 1. The number of hydrogen-bond acceptors (Lipinski definition) is 3. The lowest BCUT2D eigenvalue weighted by Gasteiger charge is -2.10. The SMILES string of the molecule is C=CCOc1cccc(CNC(=O)c2cc(CC)nn2C)c1F. The molecule has 1 N–H and O–H groups in total. The number of hydrogen-bond donors (Lipinski definition) is 1. The number of nitrogens with zero attached hydrogens (tertiary/aromatic N) is 2. The van der Waals surface area contributed by atoms with E-state index >= 15 is 0 Å². The van der Waals surface area contributed by atoms with Crippen LogP contribution in [-0.4, -0.2) is 22.3 Å². The van der Waals surface area contributed by atoms with Crippen LogP contribution in [-0.2, 0) is 20.0 Å². The van der Waals surface area contributed by atoms with E-state index in [-0.39, 0.29) is 24.8 Å². The average molecular weight is 317 g/mol. The molecule has 2 aromatic rings. The third-order valence-electron chi connectivity index (χ3n) is 3.36. The number of carbonyl (C=O) groups is 1. The number of aromatic nitrogens is 2. The Morgan fingerprint density at radius 3 is 2.96 bits per heavy atom. The van der Waals surface area contributed by atoms with E-state index in [1.165, 1.54) is 4.68 Å². The van der Waals surface area contributed by atoms with E-state index in [0.29, 0.717) is 11.3 Å². The van der Waals surface area contributed by atoms with Crippen molar-refractivity contribution >= 4 is 5.91 Å². The standard InChI is InChI=1S/C17H20FN3O2/c1-4-9-23-15-8-6-7-12(16(15)18)11-19-17(22)14-10-13(5-2)20-21(14)3/h4,6-8,10H,1,5,9,11H2,2-3H3,(H,19,22). The summed E-state index contributed by atoms with van der Waals surface area (Å²) in [6.45, 7) is 5.79. The molecule has 0 saturated carbocycles. The monoisotopic (exact) mass is 317 g/mol. The summed E-state index contributed by atoms with van der Waals surface area (Å²) in [6.07, 6.45) is 2.29. The Morgan fingerprint density at radius 1 is 1.52 bits per heavy atom. The van der Waals surface area contributed by atoms with Gasteiger partial charge in [0, 0.05) is 19.2 Å². The van der Waals surface area contributed by atoms with Gasteiger partial charge in [-0.1, -0.05) is 31.7 Å². The van der Waals surface area contributed by atoms with Crippen LogP contribution in [0.4, 0.5) is 4.39 Å². The molecule has 1 aromatic carbocycles. The second kappa shape index (κ2) is 7.58. The van der Waals surface area contributed by atoms with Crippen LogP contribution in [0.2, 0.25) is 0 Å². The zero-order chi connectivity index (χ0) is 16.8. The number of rotatable bonds is 7. The molecule has 1 aromatic heterocycles. The van der Waals surface area contributed by atoms with Crippen molar-refractivity contribution in [3.05, 3.63) is 59.7 Å². The van der Waals surface area contributed by atoms with Gasteiger partial charge in [-0.2, -0.15) is 5.10 Å². The van der Waals surface area contributed by atoms with Crippen molar-refractivity contribution in [2.75, 3.05) is 6.61 Å². The molecule has 0 unspecified atom stereocenters. The van der Waals surface area contributed by atoms with Gasteiger partial charge in [0.1, 0.15) is 12.3 Å². The highest BCUT2D eigenvalue weighted by Crippen LogP contribution is 2.20. The van der Waals surface area contributed by atoms with E-state index in [4.69, 9.17) is 4.74 Å². The molecule has 0 spiro atoms. The molecule has 0 aliphatic carbocycles. The molecule has 0 fully saturated rings. The number of aryl methyl sites for hydroxylation is 2. The van der Waals surface area contributed by atoms with Crippen LogP contribution in [0, 0.1) is 5.82 Å². The van der Waals surface area contributed by atoms with E-state index in [1.807, 2.05) is 6.92 Å². The molecule has 6 heteroatoms. The van der Waals surface area contributed by atoms with Gasteiger partial charge in [0.25, 0.3) is 5.91 Å². The summed E-state index contributed by atoms with van der Waals surface area (Å²) < 4.78 is 21.0. The van der Waals surface area contributed by atoms with Crippen molar-refractivity contribution in [3.8, 4) is 5.75 Å². The predicted molar refractivity (Wildman–Crippen MR) is 85.8 cm³/mol. The second-order valence-electron chi connectivity index (χ2n) is 5.01. The summed E-state index contributed by atoms with van der Waals surface area (Å²) in [5.41, 5.74) is 1.64. The van der Waals surface area contributed by atoms with Crippen LogP contribution >= 0.6 is 0 Å². The second-order valence-corrected chi connectivity index (χ2v) is 5.01. The van der Waals surface area contributed by atoms with Crippen LogP contribution in [0.25, 0.3) is 0 Å². The van der Waals surface area contributed by atoms with E-state index in [0.717, 1.165) is 12.1 Å². The van der Waals surface area contributed by atoms with Crippen molar-refractivity contribution in [2.45, 2.75) is 19.9 Å². The van der Waals surface area contributed by atoms with Gasteiger partial charge in [-0.3, -0.25) is 9.48 Å². The van der Waals surface area contributed by atoms with Crippen LogP contribution in [0.5, 0.6) is 5.75 Å². The number of nitrogens with one attached hydrogen (secondary N) is 1. The molecule has 1 heterocycles. The first-order chi connectivity index (χ1) is 11.1. The number of ether oxygens (including phenoxy) is 1. The van der Waals surface area contributed by atoms with Crippen molar-refractivity contribution in [1.29, 1.82) is 0 Å². The summed E-state index contributed by atoms with van der Waals surface area (Å²) in [5, 5.41) is 6.93. The number of halogens is 1. The first kappa shape index (κ1) is 16.7. The molecule has 0 aliphatic heterocycles. The molecule has 0 saturated heterocycles. The lowest BCUT2D eigenvalue weighted by molar-refractivity contribution is 0.0941. The minimum absolute atomic E-state index is 0.0720. The Balaban J connectivity index is 2.06. The van der Waals surface area contributed by atoms with Gasteiger partial charge < -0.3 is 10.1 Å². The Hall–Kier alpha value is -2.63. The van der Waals surface area contributed by atoms with E-state index in [9.17, 15) is 9.18 Å². The zero-order valence-electron chi connectivity index (χ0n) is 13.3. The van der Waals surface area contributed by atoms with Gasteiger partial charge in [-0.25, -0.2) is 4.39 Å². The lowest BCUT2D eigenvalue weighted by Crippen LogP contribution is -2.25. The van der Waals surface area contributed by atoms with Gasteiger partial charge in [0.15, 0.2) is 11.6 Å². The van der Waals surface area contributed by atoms with Crippen LogP contribution in [0.15, 0.2) is 36.9 Å². The fraction of sp³-hybridized carbons (Fsp3) is 0.294. The molecular weight excluding hydrogens is 297 g/mol. The van der Waals surface area contributed by atoms with Gasteiger partial charge >= 0.3 is 0 Å². The van der Waals surface area contributed by atoms with Crippen molar-refractivity contribution in [2.24, 2.45) is 7.05 Å². The molecule has 5 nitrogen and oxygen atoms in total. The average Bonchev–Trinajstić information content (AvgIpc) is 2.93. The van der Waals surface area contributed by atoms with E-state index in [2.05, 4.69) is 17.0 Å². The van der Waals surface area contributed by atoms with E-state index in [1.54, 1.807) is 37.4 Å². The maximum absolute atomic E-state index is 14.3. The first-order valence-electron chi connectivity index (χ1n) is 7.39. The topological polar surface area (TPSA) is 56.1 Å². The van der Waals surface area contributed by atoms with Crippen LogP contribution in [0.1, 0.15) is 28.7 Å². The quantitative estimate of drug-likeness (QED) is 0.799. The predicted octanol–water partition coefficient (Wildman–Crippen LogP) is 2.62. The maximum atomic E-state index is 14.3. The maximum Gasteiger partial charge on any atom is 0.269 e. The molecule has 2 rings (SSSR count). The van der Waals surface area contributed by atoms with Gasteiger partial charge in [0.05, 0.1) is 5.69 Å². The summed E-state index contributed by atoms with van der Waals surface area (Å²) in [6, 6.07) is 6.56. The highest BCUT2D eigenvalue weighted by Gasteiger charge is 2.14. The fourth-order valence-electron chi connectivity index (χ4n) is 2.13. The van der Waals surface area contributed by atoms with Crippen LogP contribution in [0.3, 0.4) is 0 Å². The molecule has 0 bridgehead atoms. The largest absolute Gasteiger partial charge is 0.486 e. The molecule has 122 valence electrons. The number of benzene rings is 1. The smallest absolute Gasteiger partial charge is 0.269 e. The van der Waals surface area contributed by atoms with E-state index < -0.39 is 5.82 Å². The van der Waals surface area contributed by atoms with Crippen molar-refractivity contribution in [1.82, 2.24) is 15.1 Å². The Morgan fingerprint density at radius 2 is 2.30 bits per heavy atom. The van der Waals surface area contributed by atoms with Gasteiger partial charge in [-0.15, -0.1) is 0 Å². The molecule has 0 aliphatic rings. The highest BCUT2D eigenvalue weighted by atomic mass is 19.1. The Kier molecular flexibility index (Phi) is 5.51. The fourth-order valence-corrected chi connectivity index (χ4v) is 2.13. The summed E-state index contributed by atoms with van der Waals surface area (Å²) in [5.74, 6) is -0.629. The summed E-state index contributed by atoms with van der Waals surface area (Å²) >= 11 is 0. The third-order valence-corrected chi connectivity index (χ3v) is 3.36. The minimum Gasteiger partial charge on any atom is -0.486 e. The van der Waals surface area contributed by atoms with Gasteiger partial charge in [0.2, 0.25) is 0 Å². The zero-order valence-corrected chi connectivity index (χ0v) is 13.3. The molecular formula is C17H20FN3O2. The Bertz CT molecular complexity index is 710. The minimum atomic E-state index is -0.478. The summed E-state index contributed by atoms with van der Waals surface area (Å²) in [4.78, 5) is 12.2. The molecule has 0 radical (unpaired) electrons. The third kappa shape index (κ3) is 3.97. The lowest BCUT2D eigenvalue weighted by atomic mass is 10.2. The van der Waals surface area contributed by atoms with Crippen molar-refractivity contribution < 1.29 is 13.9 Å². The van der Waals surface area contributed by atoms with Crippen molar-refractivity contribution in [3.63, 3.8) is 0 Å². The highest BCUT2D eigenvalue weighted by molar-refractivity contribution is 5.92. The van der Waals surface area contributed by atoms with Gasteiger partial charge in [-0.05, 0) is 18.6 Å².